The van der Waals surface area contributed by atoms with Gasteiger partial charge in [-0.1, -0.05) is 0 Å². The number of ether oxygens (including phenoxy) is 1. The highest BCUT2D eigenvalue weighted by atomic mass is 16.5. The smallest absolute Gasteiger partial charge is 0.189 e. The third-order valence-electron chi connectivity index (χ3n) is 2.15. The van der Waals surface area contributed by atoms with Crippen molar-refractivity contribution in [3.8, 4) is 5.75 Å². The Balaban J connectivity index is 1.99. The van der Waals surface area contributed by atoms with Gasteiger partial charge in [0.15, 0.2) is 5.82 Å². The van der Waals surface area contributed by atoms with Crippen LogP contribution in [0.5, 0.6) is 5.75 Å². The number of tetrazole rings is 1. The van der Waals surface area contributed by atoms with Crippen LogP contribution in [0.2, 0.25) is 0 Å². The van der Waals surface area contributed by atoms with Crippen LogP contribution in [0.3, 0.4) is 0 Å². The van der Waals surface area contributed by atoms with Crippen LogP contribution >= 0.6 is 0 Å². The van der Waals surface area contributed by atoms with Crippen LogP contribution in [-0.2, 0) is 13.2 Å². The maximum absolute atomic E-state index is 5.57. The number of nitrogens with two attached hydrogens (primary N) is 1. The van der Waals surface area contributed by atoms with Crippen LogP contribution in [0.15, 0.2) is 24.3 Å². The number of benzene rings is 1. The van der Waals surface area contributed by atoms with Gasteiger partial charge >= 0.3 is 0 Å². The summed E-state index contributed by atoms with van der Waals surface area (Å²) in [5.41, 5.74) is 6.28. The number of hydrogen-bond acceptors (Lipinski definition) is 5. The van der Waals surface area contributed by atoms with Gasteiger partial charge in [-0.15, -0.1) is 5.10 Å². The van der Waals surface area contributed by atoms with Crippen LogP contribution in [0.1, 0.15) is 12.7 Å². The van der Waals surface area contributed by atoms with Gasteiger partial charge in [0.25, 0.3) is 0 Å². The van der Waals surface area contributed by atoms with Crippen LogP contribution < -0.4 is 10.5 Å². The summed E-state index contributed by atoms with van der Waals surface area (Å²) in [6.45, 7) is 3.06. The zero-order chi connectivity index (χ0) is 11.4. The number of rotatable bonds is 4. The number of aryl methyl sites for hydroxylation is 1. The molecule has 84 valence electrons. The number of nitrogens with zero attached hydrogens (tertiary/aromatic N) is 4. The Labute approximate surface area is 93.0 Å². The Morgan fingerprint density at radius 1 is 1.31 bits per heavy atom. The van der Waals surface area contributed by atoms with E-state index in [4.69, 9.17) is 10.5 Å². The maximum Gasteiger partial charge on any atom is 0.189 e. The molecule has 0 spiro atoms. The van der Waals surface area contributed by atoms with E-state index >= 15 is 0 Å². The second-order valence-corrected chi connectivity index (χ2v) is 3.27. The van der Waals surface area contributed by atoms with E-state index in [1.165, 1.54) is 0 Å². The molecule has 0 fully saturated rings. The molecular weight excluding hydrogens is 206 g/mol. The lowest BCUT2D eigenvalue weighted by molar-refractivity contribution is 0.287. The molecule has 0 aliphatic rings. The average Bonchev–Trinajstić information content (AvgIpc) is 2.76. The van der Waals surface area contributed by atoms with Gasteiger partial charge < -0.3 is 10.5 Å². The molecule has 2 aromatic rings. The molecule has 0 amide bonds. The molecule has 1 heterocycles. The lowest BCUT2D eigenvalue weighted by atomic mass is 10.3. The van der Waals surface area contributed by atoms with Crippen molar-refractivity contribution < 1.29 is 4.74 Å². The topological polar surface area (TPSA) is 78.8 Å². The van der Waals surface area contributed by atoms with E-state index in [-0.39, 0.29) is 0 Å². The molecule has 6 heteroatoms. The standard InChI is InChI=1S/C10H13N5O/c1-2-15-10(12-13-14-15)7-16-9-5-3-8(11)4-6-9/h3-6H,2,7,11H2,1H3. The first-order chi connectivity index (χ1) is 7.79. The fourth-order valence-corrected chi connectivity index (χ4v) is 1.28. The van der Waals surface area contributed by atoms with Crippen molar-refractivity contribution >= 4 is 5.69 Å². The summed E-state index contributed by atoms with van der Waals surface area (Å²) in [7, 11) is 0. The molecule has 2 rings (SSSR count). The second kappa shape index (κ2) is 4.61. The molecule has 16 heavy (non-hydrogen) atoms. The fourth-order valence-electron chi connectivity index (χ4n) is 1.28. The van der Waals surface area contributed by atoms with Gasteiger partial charge in [-0.05, 0) is 41.6 Å². The van der Waals surface area contributed by atoms with E-state index in [1.807, 2.05) is 19.1 Å². The summed E-state index contributed by atoms with van der Waals surface area (Å²) in [5, 5.41) is 11.3. The van der Waals surface area contributed by atoms with Gasteiger partial charge in [0.2, 0.25) is 0 Å². The van der Waals surface area contributed by atoms with Crippen LogP contribution in [0, 0.1) is 0 Å². The summed E-state index contributed by atoms with van der Waals surface area (Å²) in [6, 6.07) is 7.21. The highest BCUT2D eigenvalue weighted by Crippen LogP contribution is 2.14. The Bertz CT molecular complexity index is 450. The fraction of sp³-hybridized carbons (Fsp3) is 0.300. The third-order valence-corrected chi connectivity index (χ3v) is 2.15. The van der Waals surface area contributed by atoms with Crippen molar-refractivity contribution in [2.75, 3.05) is 5.73 Å². The molecule has 0 saturated carbocycles. The molecule has 2 N–H and O–H groups in total. The minimum Gasteiger partial charge on any atom is -0.486 e. The zero-order valence-corrected chi connectivity index (χ0v) is 9.00. The molecule has 0 radical (unpaired) electrons. The van der Waals surface area contributed by atoms with Gasteiger partial charge in [0.05, 0.1) is 0 Å². The van der Waals surface area contributed by atoms with Gasteiger partial charge in [-0.3, -0.25) is 0 Å². The second-order valence-electron chi connectivity index (χ2n) is 3.27. The SMILES string of the molecule is CCn1nnnc1COc1ccc(N)cc1. The summed E-state index contributed by atoms with van der Waals surface area (Å²) in [6.07, 6.45) is 0. The molecule has 0 saturated heterocycles. The molecule has 1 aromatic carbocycles. The van der Waals surface area contributed by atoms with Crippen molar-refractivity contribution in [1.29, 1.82) is 0 Å². The predicted molar refractivity (Wildman–Crippen MR) is 58.7 cm³/mol. The Morgan fingerprint density at radius 3 is 2.75 bits per heavy atom. The number of nitrogen functional groups attached to an aromatic ring is 1. The molecule has 0 aliphatic carbocycles. The van der Waals surface area contributed by atoms with Crippen molar-refractivity contribution in [3.63, 3.8) is 0 Å². The van der Waals surface area contributed by atoms with Gasteiger partial charge in [0.1, 0.15) is 12.4 Å². The molecule has 0 atom stereocenters. The van der Waals surface area contributed by atoms with E-state index in [2.05, 4.69) is 15.5 Å². The zero-order valence-electron chi connectivity index (χ0n) is 9.00. The van der Waals surface area contributed by atoms with Gasteiger partial charge in [-0.2, -0.15) is 0 Å². The first-order valence-corrected chi connectivity index (χ1v) is 5.03. The van der Waals surface area contributed by atoms with E-state index in [0.717, 1.165) is 12.3 Å². The largest absolute Gasteiger partial charge is 0.486 e. The highest BCUT2D eigenvalue weighted by molar-refractivity contribution is 5.41. The summed E-state index contributed by atoms with van der Waals surface area (Å²) >= 11 is 0. The van der Waals surface area contributed by atoms with Crippen LogP contribution in [-0.4, -0.2) is 20.2 Å². The van der Waals surface area contributed by atoms with E-state index in [0.29, 0.717) is 18.1 Å². The predicted octanol–water partition coefficient (Wildman–Crippen LogP) is 0.854. The number of hydrogen-bond donors (Lipinski definition) is 1. The van der Waals surface area contributed by atoms with E-state index in [1.54, 1.807) is 16.8 Å². The third kappa shape index (κ3) is 2.28. The first-order valence-electron chi connectivity index (χ1n) is 5.03. The normalized spacial score (nSPS) is 10.3. The molecule has 6 nitrogen and oxygen atoms in total. The van der Waals surface area contributed by atoms with Gasteiger partial charge in [0, 0.05) is 12.2 Å². The van der Waals surface area contributed by atoms with E-state index in [9.17, 15) is 0 Å². The highest BCUT2D eigenvalue weighted by Gasteiger charge is 2.04. The van der Waals surface area contributed by atoms with Crippen LogP contribution in [0.25, 0.3) is 0 Å². The summed E-state index contributed by atoms with van der Waals surface area (Å²) in [5.74, 6) is 1.46. The average molecular weight is 219 g/mol. The van der Waals surface area contributed by atoms with Crippen molar-refractivity contribution in [2.45, 2.75) is 20.1 Å². The molecular formula is C10H13N5O. The van der Waals surface area contributed by atoms with Gasteiger partial charge in [-0.25, -0.2) is 4.68 Å². The monoisotopic (exact) mass is 219 g/mol. The quantitative estimate of drug-likeness (QED) is 0.771. The minimum atomic E-state index is 0.352. The van der Waals surface area contributed by atoms with Crippen LogP contribution in [0.4, 0.5) is 5.69 Å². The van der Waals surface area contributed by atoms with Crippen molar-refractivity contribution in [3.05, 3.63) is 30.1 Å². The summed E-state index contributed by atoms with van der Waals surface area (Å²) in [4.78, 5) is 0. The Hall–Kier alpha value is -2.11. The Kier molecular flexibility index (Phi) is 3.00. The minimum absolute atomic E-state index is 0.352. The Morgan fingerprint density at radius 2 is 2.06 bits per heavy atom. The molecule has 0 unspecified atom stereocenters. The number of anilines is 1. The molecule has 0 bridgehead atoms. The summed E-state index contributed by atoms with van der Waals surface area (Å²) < 4.78 is 7.22. The van der Waals surface area contributed by atoms with Crippen molar-refractivity contribution in [1.82, 2.24) is 20.2 Å². The van der Waals surface area contributed by atoms with Crippen molar-refractivity contribution in [2.24, 2.45) is 0 Å². The first kappa shape index (κ1) is 10.4. The van der Waals surface area contributed by atoms with E-state index < -0.39 is 0 Å². The maximum atomic E-state index is 5.57. The number of aromatic nitrogens is 4. The molecule has 1 aromatic heterocycles. The lowest BCUT2D eigenvalue weighted by Crippen LogP contribution is -2.07. The lowest BCUT2D eigenvalue weighted by Gasteiger charge is -2.05. The molecule has 0 aliphatic heterocycles.